The van der Waals surface area contributed by atoms with Gasteiger partial charge in [0.1, 0.15) is 12.5 Å². The van der Waals surface area contributed by atoms with Gasteiger partial charge in [0.25, 0.3) is 0 Å². The van der Waals surface area contributed by atoms with Gasteiger partial charge in [0.2, 0.25) is 0 Å². The van der Waals surface area contributed by atoms with Crippen LogP contribution >= 0.6 is 23.2 Å². The number of nitrogens with zero attached hydrogens (tertiary/aromatic N) is 4. The number of ether oxygens (including phenoxy) is 1. The molecule has 0 spiro atoms. The number of halogens is 2. The predicted molar refractivity (Wildman–Crippen MR) is 133 cm³/mol. The van der Waals surface area contributed by atoms with Gasteiger partial charge in [0.05, 0.1) is 11.2 Å². The van der Waals surface area contributed by atoms with Crippen molar-refractivity contribution in [3.05, 3.63) is 69.3 Å². The average molecular weight is 467 g/mol. The fourth-order valence-corrected chi connectivity index (χ4v) is 5.21. The number of aryl methyl sites for hydroxylation is 2. The van der Waals surface area contributed by atoms with Crippen LogP contribution in [0.15, 0.2) is 42.6 Å². The molecule has 32 heavy (non-hydrogen) atoms. The number of benzene rings is 2. The highest BCUT2D eigenvalue weighted by atomic mass is 35.5. The molecule has 164 valence electrons. The third-order valence-electron chi connectivity index (χ3n) is 6.05. The second-order valence-electron chi connectivity index (χ2n) is 8.30. The van der Waals surface area contributed by atoms with Crippen molar-refractivity contribution in [1.82, 2.24) is 14.3 Å². The van der Waals surface area contributed by atoms with Crippen LogP contribution in [-0.2, 0) is 18.5 Å². The summed E-state index contributed by atoms with van der Waals surface area (Å²) in [4.78, 5) is 2.27. The number of hydrogen-bond acceptors (Lipinski definition) is 3. The summed E-state index contributed by atoms with van der Waals surface area (Å²) in [6.45, 7) is 3.28. The number of aromatic nitrogens is 3. The van der Waals surface area contributed by atoms with E-state index in [-0.39, 0.29) is 0 Å². The van der Waals surface area contributed by atoms with E-state index in [1.54, 1.807) is 13.2 Å². The Morgan fingerprint density at radius 3 is 2.66 bits per heavy atom. The van der Waals surface area contributed by atoms with Crippen LogP contribution in [0.4, 0.5) is 5.82 Å². The lowest BCUT2D eigenvalue weighted by atomic mass is 9.97. The molecule has 0 radical (unpaired) electrons. The number of anilines is 1. The van der Waals surface area contributed by atoms with Crippen LogP contribution < -0.4 is 4.90 Å². The number of likely N-dealkylation sites (N-methyl/N-ethyl adjacent to an activating group) is 1. The minimum atomic E-state index is 0.433. The van der Waals surface area contributed by atoms with E-state index in [2.05, 4.69) is 54.8 Å². The highest BCUT2D eigenvalue weighted by Gasteiger charge is 2.24. The third kappa shape index (κ3) is 3.41. The Morgan fingerprint density at radius 2 is 1.91 bits per heavy atom. The molecule has 2 aromatic carbocycles. The van der Waals surface area contributed by atoms with Gasteiger partial charge >= 0.3 is 0 Å². The van der Waals surface area contributed by atoms with E-state index in [0.29, 0.717) is 16.8 Å². The maximum Gasteiger partial charge on any atom is 0.138 e. The maximum absolute atomic E-state index is 6.54. The molecule has 0 atom stereocenters. The molecular formula is C25H24Cl2N4O. The Hall–Kier alpha value is -2.73. The first-order chi connectivity index (χ1) is 15.4. The van der Waals surface area contributed by atoms with Crippen LogP contribution in [0.1, 0.15) is 16.7 Å². The number of fused-ring (bicyclic) bond motifs is 3. The van der Waals surface area contributed by atoms with Gasteiger partial charge < -0.3 is 14.2 Å². The standard InChI is InChI=1S/C25H24Cl2N4O/c1-15-12-31(14-32-4)28-24(15)16-5-8-23-20(9-16)21-10-17(13-29(2)25(21)30(23)3)19-7-6-18(26)11-22(19)27/h5-12H,13-14H2,1-4H3. The first-order valence-electron chi connectivity index (χ1n) is 10.4. The fourth-order valence-electron chi connectivity index (χ4n) is 4.68. The summed E-state index contributed by atoms with van der Waals surface area (Å²) in [5, 5.41) is 7.22. The van der Waals surface area contributed by atoms with Crippen LogP contribution in [0.5, 0.6) is 0 Å². The van der Waals surface area contributed by atoms with Gasteiger partial charge in [0.15, 0.2) is 0 Å². The van der Waals surface area contributed by atoms with Crippen LogP contribution in [0.3, 0.4) is 0 Å². The van der Waals surface area contributed by atoms with Crippen molar-refractivity contribution in [2.75, 3.05) is 25.6 Å². The van der Waals surface area contributed by atoms with Crippen LogP contribution in [0, 0.1) is 6.92 Å². The molecule has 2 aromatic heterocycles. The SMILES string of the molecule is COCn1cc(C)c(-c2ccc3c(c2)c2c(n3C)N(C)CC(c3ccc(Cl)cc3Cl)=C2)n1. The Bertz CT molecular complexity index is 1380. The molecular weight excluding hydrogens is 443 g/mol. The zero-order valence-corrected chi connectivity index (χ0v) is 20.0. The maximum atomic E-state index is 6.54. The molecule has 3 heterocycles. The summed E-state index contributed by atoms with van der Waals surface area (Å²) < 4.78 is 9.30. The van der Waals surface area contributed by atoms with Gasteiger partial charge in [-0.1, -0.05) is 35.3 Å². The molecule has 0 fully saturated rings. The van der Waals surface area contributed by atoms with Gasteiger partial charge in [-0.05, 0) is 54.0 Å². The highest BCUT2D eigenvalue weighted by molar-refractivity contribution is 6.36. The Labute approximate surface area is 197 Å². The lowest BCUT2D eigenvalue weighted by molar-refractivity contribution is 0.121. The molecule has 0 saturated carbocycles. The Morgan fingerprint density at radius 1 is 1.09 bits per heavy atom. The molecule has 0 unspecified atom stereocenters. The molecule has 0 aliphatic carbocycles. The summed E-state index contributed by atoms with van der Waals surface area (Å²) >= 11 is 12.7. The largest absolute Gasteiger partial charge is 0.362 e. The van der Waals surface area contributed by atoms with Crippen molar-refractivity contribution in [3.8, 4) is 11.3 Å². The Kier molecular flexibility index (Phi) is 5.28. The number of hydrogen-bond donors (Lipinski definition) is 0. The van der Waals surface area contributed by atoms with E-state index < -0.39 is 0 Å². The van der Waals surface area contributed by atoms with Crippen molar-refractivity contribution < 1.29 is 4.74 Å². The van der Waals surface area contributed by atoms with Crippen molar-refractivity contribution in [2.24, 2.45) is 7.05 Å². The van der Waals surface area contributed by atoms with E-state index in [0.717, 1.165) is 28.9 Å². The quantitative estimate of drug-likeness (QED) is 0.356. The molecule has 7 heteroatoms. The van der Waals surface area contributed by atoms with E-state index in [4.69, 9.17) is 33.0 Å². The normalized spacial score (nSPS) is 13.6. The predicted octanol–water partition coefficient (Wildman–Crippen LogP) is 6.25. The van der Waals surface area contributed by atoms with Crippen molar-refractivity contribution >= 4 is 51.6 Å². The van der Waals surface area contributed by atoms with E-state index in [1.807, 2.05) is 23.0 Å². The third-order valence-corrected chi connectivity index (χ3v) is 6.60. The van der Waals surface area contributed by atoms with Gasteiger partial charge in [-0.25, -0.2) is 4.68 Å². The molecule has 0 N–H and O–H groups in total. The first kappa shape index (κ1) is 21.1. The van der Waals surface area contributed by atoms with Crippen LogP contribution in [0.25, 0.3) is 33.8 Å². The monoisotopic (exact) mass is 466 g/mol. The number of rotatable bonds is 4. The smallest absolute Gasteiger partial charge is 0.138 e. The van der Waals surface area contributed by atoms with Crippen LogP contribution in [0.2, 0.25) is 10.0 Å². The molecule has 0 amide bonds. The molecule has 5 rings (SSSR count). The minimum absolute atomic E-state index is 0.433. The molecule has 1 aliphatic rings. The minimum Gasteiger partial charge on any atom is -0.362 e. The zero-order valence-electron chi connectivity index (χ0n) is 18.5. The van der Waals surface area contributed by atoms with Crippen molar-refractivity contribution in [3.63, 3.8) is 0 Å². The van der Waals surface area contributed by atoms with Crippen molar-refractivity contribution in [1.29, 1.82) is 0 Å². The van der Waals surface area contributed by atoms with Crippen molar-refractivity contribution in [2.45, 2.75) is 13.7 Å². The van der Waals surface area contributed by atoms with E-state index in [1.165, 1.54) is 27.9 Å². The molecule has 0 bridgehead atoms. The molecule has 1 aliphatic heterocycles. The lowest BCUT2D eigenvalue weighted by Gasteiger charge is -2.27. The van der Waals surface area contributed by atoms with Gasteiger partial charge in [-0.15, -0.1) is 0 Å². The van der Waals surface area contributed by atoms with Crippen LogP contribution in [-0.4, -0.2) is 35.0 Å². The van der Waals surface area contributed by atoms with E-state index >= 15 is 0 Å². The number of methoxy groups -OCH3 is 1. The summed E-state index contributed by atoms with van der Waals surface area (Å²) in [5.74, 6) is 1.19. The van der Waals surface area contributed by atoms with Gasteiger partial charge in [-0.2, -0.15) is 5.10 Å². The summed E-state index contributed by atoms with van der Waals surface area (Å²) in [6.07, 6.45) is 4.27. The molecule has 0 saturated heterocycles. The second kappa shape index (κ2) is 8.00. The molecule has 4 aromatic rings. The summed E-state index contributed by atoms with van der Waals surface area (Å²) in [5.41, 5.74) is 7.72. The first-order valence-corrected chi connectivity index (χ1v) is 11.2. The fraction of sp³-hybridized carbons (Fsp3) is 0.240. The Balaban J connectivity index is 1.68. The molecule has 5 nitrogen and oxygen atoms in total. The van der Waals surface area contributed by atoms with Gasteiger partial charge in [0, 0.05) is 60.5 Å². The lowest BCUT2D eigenvalue weighted by Crippen LogP contribution is -2.25. The van der Waals surface area contributed by atoms with E-state index in [9.17, 15) is 0 Å². The van der Waals surface area contributed by atoms with Gasteiger partial charge in [-0.3, -0.25) is 0 Å². The second-order valence-corrected chi connectivity index (χ2v) is 9.14. The zero-order chi connectivity index (χ0) is 22.6. The summed E-state index contributed by atoms with van der Waals surface area (Å²) in [7, 11) is 5.91. The summed E-state index contributed by atoms with van der Waals surface area (Å²) in [6, 6.07) is 12.2. The highest BCUT2D eigenvalue weighted by Crippen LogP contribution is 2.41. The topological polar surface area (TPSA) is 35.2 Å². The average Bonchev–Trinajstić information content (AvgIpc) is 3.25.